The molecule has 0 aromatic carbocycles. The van der Waals surface area contributed by atoms with E-state index in [-0.39, 0.29) is 17.7 Å². The van der Waals surface area contributed by atoms with Gasteiger partial charge >= 0.3 is 0 Å². The van der Waals surface area contributed by atoms with Crippen LogP contribution in [-0.4, -0.2) is 41.3 Å². The average molecular weight is 296 g/mol. The van der Waals surface area contributed by atoms with Crippen LogP contribution in [-0.2, 0) is 4.79 Å². The van der Waals surface area contributed by atoms with Crippen molar-refractivity contribution in [3.8, 4) is 0 Å². The number of hydrogen-bond acceptors (Lipinski definition) is 3. The number of carbonyl (C=O) groups excluding carboxylic acids is 2. The Morgan fingerprint density at radius 2 is 2.40 bits per heavy atom. The number of pyridine rings is 1. The number of nitrogens with zero attached hydrogens (tertiary/aromatic N) is 2. The summed E-state index contributed by atoms with van der Waals surface area (Å²) in [4.78, 5) is 29.1. The van der Waals surface area contributed by atoms with E-state index in [2.05, 4.69) is 10.3 Å². The number of hydrogen-bond donors (Lipinski definition) is 1. The maximum absolute atomic E-state index is 11.9. The van der Waals surface area contributed by atoms with E-state index in [9.17, 15) is 9.59 Å². The van der Waals surface area contributed by atoms with Crippen LogP contribution in [0.1, 0.15) is 30.1 Å². The molecule has 2 rings (SSSR count). The molecule has 1 atom stereocenters. The van der Waals surface area contributed by atoms with Gasteiger partial charge in [-0.25, -0.2) is 4.98 Å². The summed E-state index contributed by atoms with van der Waals surface area (Å²) < 4.78 is 0. The Morgan fingerprint density at radius 1 is 1.60 bits per heavy atom. The van der Waals surface area contributed by atoms with E-state index in [4.69, 9.17) is 11.6 Å². The summed E-state index contributed by atoms with van der Waals surface area (Å²) in [5.74, 6) is 0.260. The van der Waals surface area contributed by atoms with Crippen LogP contribution in [0.15, 0.2) is 18.3 Å². The zero-order valence-corrected chi connectivity index (χ0v) is 12.2. The molecule has 0 radical (unpaired) electrons. The minimum absolute atomic E-state index is 0.172. The van der Waals surface area contributed by atoms with Gasteiger partial charge in [-0.1, -0.05) is 18.5 Å². The summed E-state index contributed by atoms with van der Waals surface area (Å²) in [6, 6.07) is 3.15. The van der Waals surface area contributed by atoms with Crippen molar-refractivity contribution >= 4 is 23.4 Å². The van der Waals surface area contributed by atoms with Crippen LogP contribution >= 0.6 is 11.6 Å². The number of rotatable bonds is 5. The van der Waals surface area contributed by atoms with E-state index in [0.717, 1.165) is 13.0 Å². The first-order valence-electron chi connectivity index (χ1n) is 6.74. The molecule has 20 heavy (non-hydrogen) atoms. The van der Waals surface area contributed by atoms with Crippen LogP contribution < -0.4 is 5.32 Å². The van der Waals surface area contributed by atoms with Gasteiger partial charge in [-0.15, -0.1) is 0 Å². The molecule has 1 fully saturated rings. The lowest BCUT2D eigenvalue weighted by atomic mass is 10.1. The molecule has 0 aliphatic carbocycles. The summed E-state index contributed by atoms with van der Waals surface area (Å²) in [5, 5.41) is 3.15. The minimum Gasteiger partial charge on any atom is -0.352 e. The summed E-state index contributed by atoms with van der Waals surface area (Å²) in [6.07, 6.45) is 3.09. The van der Waals surface area contributed by atoms with Gasteiger partial charge in [0.1, 0.15) is 5.15 Å². The Labute approximate surface area is 123 Å². The molecule has 1 aromatic heterocycles. The lowest BCUT2D eigenvalue weighted by Crippen LogP contribution is -2.36. The number of nitrogens with one attached hydrogen (secondary N) is 1. The lowest BCUT2D eigenvalue weighted by molar-refractivity contribution is -0.128. The Bertz CT molecular complexity index is 507. The number of amides is 2. The van der Waals surface area contributed by atoms with Crippen molar-refractivity contribution < 1.29 is 9.59 Å². The second-order valence-corrected chi connectivity index (χ2v) is 5.51. The average Bonchev–Trinajstić information content (AvgIpc) is 2.81. The Morgan fingerprint density at radius 3 is 3.05 bits per heavy atom. The van der Waals surface area contributed by atoms with E-state index in [1.807, 2.05) is 11.8 Å². The molecule has 0 spiro atoms. The first-order chi connectivity index (χ1) is 9.56. The highest BCUT2D eigenvalue weighted by Gasteiger charge is 2.21. The summed E-state index contributed by atoms with van der Waals surface area (Å²) in [7, 11) is 0. The number of carbonyl (C=O) groups is 2. The van der Waals surface area contributed by atoms with Crippen LogP contribution in [0.3, 0.4) is 0 Å². The summed E-state index contributed by atoms with van der Waals surface area (Å²) >= 11 is 5.75. The maximum atomic E-state index is 11.9. The molecule has 0 bridgehead atoms. The molecule has 1 aliphatic rings. The third-order valence-corrected chi connectivity index (χ3v) is 3.51. The van der Waals surface area contributed by atoms with Gasteiger partial charge in [0.15, 0.2) is 0 Å². The van der Waals surface area contributed by atoms with Gasteiger partial charge in [0, 0.05) is 37.8 Å². The molecule has 1 aliphatic heterocycles. The highest BCUT2D eigenvalue weighted by molar-refractivity contribution is 6.29. The molecule has 108 valence electrons. The van der Waals surface area contributed by atoms with Crippen molar-refractivity contribution in [2.45, 2.75) is 19.8 Å². The number of likely N-dealkylation sites (tertiary alicyclic amines) is 1. The first kappa shape index (κ1) is 14.8. The Hall–Kier alpha value is -1.62. The van der Waals surface area contributed by atoms with Gasteiger partial charge in [-0.05, 0) is 24.5 Å². The van der Waals surface area contributed by atoms with Gasteiger partial charge in [0.25, 0.3) is 5.91 Å². The van der Waals surface area contributed by atoms with E-state index >= 15 is 0 Å². The topological polar surface area (TPSA) is 62.3 Å². The van der Waals surface area contributed by atoms with Crippen molar-refractivity contribution in [2.24, 2.45) is 5.92 Å². The van der Waals surface area contributed by atoms with Gasteiger partial charge in [0.05, 0.1) is 0 Å². The van der Waals surface area contributed by atoms with Crippen LogP contribution in [0.5, 0.6) is 0 Å². The predicted octanol–water partition coefficient (Wildman–Crippen LogP) is 1.72. The third-order valence-electron chi connectivity index (χ3n) is 3.30. The van der Waals surface area contributed by atoms with E-state index in [1.165, 1.54) is 12.3 Å². The molecule has 2 amide bonds. The molecule has 1 aromatic rings. The quantitative estimate of drug-likeness (QED) is 0.842. The predicted molar refractivity (Wildman–Crippen MR) is 76.6 cm³/mol. The van der Waals surface area contributed by atoms with Crippen molar-refractivity contribution in [3.05, 3.63) is 29.0 Å². The maximum Gasteiger partial charge on any atom is 0.251 e. The Kier molecular flexibility index (Phi) is 4.95. The summed E-state index contributed by atoms with van der Waals surface area (Å²) in [5.41, 5.74) is 0.495. The zero-order chi connectivity index (χ0) is 14.5. The number of halogens is 1. The second-order valence-electron chi connectivity index (χ2n) is 5.13. The first-order valence-corrected chi connectivity index (χ1v) is 7.11. The molecule has 1 N–H and O–H groups in total. The highest BCUT2D eigenvalue weighted by Crippen LogP contribution is 2.12. The van der Waals surface area contributed by atoms with Gasteiger partial charge < -0.3 is 10.2 Å². The molecule has 6 heteroatoms. The smallest absolute Gasteiger partial charge is 0.251 e. The zero-order valence-electron chi connectivity index (χ0n) is 11.4. The molecule has 0 saturated carbocycles. The molecule has 0 unspecified atom stereocenters. The normalized spacial score (nSPS) is 16.3. The largest absolute Gasteiger partial charge is 0.352 e. The fourth-order valence-electron chi connectivity index (χ4n) is 2.25. The van der Waals surface area contributed by atoms with Crippen molar-refractivity contribution in [2.75, 3.05) is 19.6 Å². The third kappa shape index (κ3) is 3.93. The van der Waals surface area contributed by atoms with Crippen LogP contribution in [0.25, 0.3) is 0 Å². The van der Waals surface area contributed by atoms with Crippen LogP contribution in [0.2, 0.25) is 5.15 Å². The van der Waals surface area contributed by atoms with Crippen LogP contribution in [0.4, 0.5) is 0 Å². The fourth-order valence-corrected chi connectivity index (χ4v) is 2.42. The van der Waals surface area contributed by atoms with Crippen LogP contribution in [0, 0.1) is 5.92 Å². The molecular weight excluding hydrogens is 278 g/mol. The monoisotopic (exact) mass is 295 g/mol. The fraction of sp³-hybridized carbons (Fsp3) is 0.500. The van der Waals surface area contributed by atoms with E-state index in [0.29, 0.717) is 30.2 Å². The SMILES string of the molecule is C[C@H](CNC(=O)c1ccnc(Cl)c1)CN1CCCC1=O. The lowest BCUT2D eigenvalue weighted by Gasteiger charge is -2.21. The summed E-state index contributed by atoms with van der Waals surface area (Å²) in [6.45, 7) is 4.07. The second kappa shape index (κ2) is 6.70. The van der Waals surface area contributed by atoms with E-state index in [1.54, 1.807) is 6.07 Å². The van der Waals surface area contributed by atoms with E-state index < -0.39 is 0 Å². The molecular formula is C14H18ClN3O2. The number of aromatic nitrogens is 1. The minimum atomic E-state index is -0.172. The van der Waals surface area contributed by atoms with Crippen molar-refractivity contribution in [1.82, 2.24) is 15.2 Å². The van der Waals surface area contributed by atoms with Crippen molar-refractivity contribution in [1.29, 1.82) is 0 Å². The van der Waals surface area contributed by atoms with Gasteiger partial charge in [-0.3, -0.25) is 9.59 Å². The standard InChI is InChI=1S/C14H18ClN3O2/c1-10(9-18-6-2-3-13(18)19)8-17-14(20)11-4-5-16-12(15)7-11/h4-5,7,10H,2-3,6,8-9H2,1H3,(H,17,20)/t10-/m1/s1. The Balaban J connectivity index is 1.79. The highest BCUT2D eigenvalue weighted by atomic mass is 35.5. The van der Waals surface area contributed by atoms with Gasteiger partial charge in [0.2, 0.25) is 5.91 Å². The molecule has 1 saturated heterocycles. The molecule has 2 heterocycles. The van der Waals surface area contributed by atoms with Gasteiger partial charge in [-0.2, -0.15) is 0 Å². The molecule has 5 nitrogen and oxygen atoms in total. The van der Waals surface area contributed by atoms with Crippen molar-refractivity contribution in [3.63, 3.8) is 0 Å².